The van der Waals surface area contributed by atoms with Gasteiger partial charge in [-0.15, -0.1) is 11.8 Å². The Bertz CT molecular complexity index is 346. The molecule has 1 aromatic rings. The summed E-state index contributed by atoms with van der Waals surface area (Å²) in [6.45, 7) is 4.72. The lowest BCUT2D eigenvalue weighted by molar-refractivity contribution is 0.317. The van der Waals surface area contributed by atoms with E-state index in [1.807, 2.05) is 0 Å². The van der Waals surface area contributed by atoms with Crippen LogP contribution in [0.15, 0.2) is 30.3 Å². The minimum Gasteiger partial charge on any atom is -0.301 e. The van der Waals surface area contributed by atoms with Crippen molar-refractivity contribution in [2.24, 2.45) is 0 Å². The molecular weight excluding hydrogens is 216 g/mol. The predicted molar refractivity (Wildman–Crippen MR) is 69.5 cm³/mol. The number of nitrogens with zero attached hydrogens (tertiary/aromatic N) is 1. The van der Waals surface area contributed by atoms with Gasteiger partial charge >= 0.3 is 0 Å². The fraction of sp³-hybridized carbons (Fsp3) is 0.538. The third-order valence-electron chi connectivity index (χ3n) is 3.49. The normalized spacial score (nSPS) is 30.2. The second-order valence-electron chi connectivity index (χ2n) is 4.72. The lowest BCUT2D eigenvalue weighted by Crippen LogP contribution is -2.39. The van der Waals surface area contributed by atoms with Crippen molar-refractivity contribution in [1.82, 2.24) is 10.2 Å². The van der Waals surface area contributed by atoms with E-state index in [0.29, 0.717) is 4.87 Å². The van der Waals surface area contributed by atoms with Crippen LogP contribution in [0, 0.1) is 0 Å². The van der Waals surface area contributed by atoms with Crippen molar-refractivity contribution < 1.29 is 0 Å². The zero-order valence-corrected chi connectivity index (χ0v) is 10.3. The molecule has 0 saturated carbocycles. The highest BCUT2D eigenvalue weighted by atomic mass is 32.2. The fourth-order valence-electron chi connectivity index (χ4n) is 2.67. The van der Waals surface area contributed by atoms with Gasteiger partial charge in [-0.1, -0.05) is 30.3 Å². The van der Waals surface area contributed by atoms with E-state index in [-0.39, 0.29) is 0 Å². The fourth-order valence-corrected chi connectivity index (χ4v) is 3.98. The molecule has 86 valence electrons. The van der Waals surface area contributed by atoms with E-state index in [0.717, 1.165) is 6.54 Å². The maximum absolute atomic E-state index is 3.67. The van der Waals surface area contributed by atoms with E-state index in [4.69, 9.17) is 0 Å². The number of rotatable bonds is 2. The number of hydrogen-bond donors (Lipinski definition) is 1. The maximum atomic E-state index is 3.67. The van der Waals surface area contributed by atoms with Gasteiger partial charge in [-0.05, 0) is 12.0 Å². The Balaban J connectivity index is 1.62. The third kappa shape index (κ3) is 2.12. The number of hydrogen-bond acceptors (Lipinski definition) is 3. The van der Waals surface area contributed by atoms with Crippen molar-refractivity contribution in [3.8, 4) is 0 Å². The van der Waals surface area contributed by atoms with Crippen LogP contribution in [0.4, 0.5) is 0 Å². The summed E-state index contributed by atoms with van der Waals surface area (Å²) in [5.41, 5.74) is 1.43. The smallest absolute Gasteiger partial charge is 0.0786 e. The van der Waals surface area contributed by atoms with Gasteiger partial charge in [0, 0.05) is 31.9 Å². The summed E-state index contributed by atoms with van der Waals surface area (Å²) in [4.78, 5) is 2.95. The monoisotopic (exact) mass is 234 g/mol. The van der Waals surface area contributed by atoms with Gasteiger partial charge in [0.1, 0.15) is 0 Å². The summed E-state index contributed by atoms with van der Waals surface area (Å²) in [6, 6.07) is 10.8. The molecule has 0 aromatic heterocycles. The molecule has 1 unspecified atom stereocenters. The van der Waals surface area contributed by atoms with E-state index in [2.05, 4.69) is 52.3 Å². The lowest BCUT2D eigenvalue weighted by atomic mass is 10.2. The van der Waals surface area contributed by atoms with Crippen LogP contribution in [0.1, 0.15) is 12.0 Å². The summed E-state index contributed by atoms with van der Waals surface area (Å²) in [5, 5.41) is 3.67. The SMILES string of the molecule is c1ccc(CN2CCC3(C2)NCCS3)cc1. The molecular formula is C13H18N2S. The van der Waals surface area contributed by atoms with Crippen molar-refractivity contribution in [2.45, 2.75) is 17.8 Å². The molecule has 2 heterocycles. The van der Waals surface area contributed by atoms with Crippen LogP contribution < -0.4 is 5.32 Å². The second kappa shape index (κ2) is 4.40. The van der Waals surface area contributed by atoms with E-state index >= 15 is 0 Å². The average Bonchev–Trinajstić information content (AvgIpc) is 2.92. The highest BCUT2D eigenvalue weighted by Gasteiger charge is 2.40. The first-order chi connectivity index (χ1) is 7.86. The summed E-state index contributed by atoms with van der Waals surface area (Å²) in [5.74, 6) is 1.28. The van der Waals surface area contributed by atoms with Crippen LogP contribution in [-0.2, 0) is 6.54 Å². The first-order valence-electron chi connectivity index (χ1n) is 6.02. The lowest BCUT2D eigenvalue weighted by Gasteiger charge is -2.23. The van der Waals surface area contributed by atoms with Crippen LogP contribution in [0.25, 0.3) is 0 Å². The molecule has 16 heavy (non-hydrogen) atoms. The van der Waals surface area contributed by atoms with Crippen LogP contribution >= 0.6 is 11.8 Å². The molecule has 3 heteroatoms. The highest BCUT2D eigenvalue weighted by Crippen LogP contribution is 2.36. The minimum absolute atomic E-state index is 0.384. The van der Waals surface area contributed by atoms with Gasteiger partial charge in [0.25, 0.3) is 0 Å². The molecule has 0 radical (unpaired) electrons. The molecule has 2 saturated heterocycles. The molecule has 0 amide bonds. The summed E-state index contributed by atoms with van der Waals surface area (Å²) in [6.07, 6.45) is 1.30. The molecule has 2 fully saturated rings. The zero-order valence-electron chi connectivity index (χ0n) is 9.48. The second-order valence-corrected chi connectivity index (χ2v) is 6.19. The Hall–Kier alpha value is -0.510. The van der Waals surface area contributed by atoms with Crippen molar-refractivity contribution in [1.29, 1.82) is 0 Å². The van der Waals surface area contributed by atoms with Gasteiger partial charge in [0.2, 0.25) is 0 Å². The molecule has 2 nitrogen and oxygen atoms in total. The molecule has 3 rings (SSSR count). The number of benzene rings is 1. The van der Waals surface area contributed by atoms with Crippen molar-refractivity contribution in [3.05, 3.63) is 35.9 Å². The molecule has 1 aromatic carbocycles. The highest BCUT2D eigenvalue weighted by molar-refractivity contribution is 8.00. The van der Waals surface area contributed by atoms with E-state index < -0.39 is 0 Å². The average molecular weight is 234 g/mol. The molecule has 1 atom stereocenters. The number of likely N-dealkylation sites (tertiary alicyclic amines) is 1. The first-order valence-corrected chi connectivity index (χ1v) is 7.00. The van der Waals surface area contributed by atoms with E-state index in [9.17, 15) is 0 Å². The molecule has 0 aliphatic carbocycles. The Morgan fingerprint density at radius 2 is 2.19 bits per heavy atom. The van der Waals surface area contributed by atoms with Crippen LogP contribution in [-0.4, -0.2) is 35.2 Å². The Kier molecular flexibility index (Phi) is 2.92. The Labute approximate surface area is 101 Å². The van der Waals surface area contributed by atoms with Crippen LogP contribution in [0.3, 0.4) is 0 Å². The standard InChI is InChI=1S/C13H18N2S/c1-2-4-12(5-3-1)10-15-8-6-13(11-15)14-7-9-16-13/h1-5,14H,6-11H2. The van der Waals surface area contributed by atoms with Gasteiger partial charge in [0.05, 0.1) is 4.87 Å². The van der Waals surface area contributed by atoms with Gasteiger partial charge in [-0.25, -0.2) is 0 Å². The molecule has 1 spiro atoms. The number of thioether (sulfide) groups is 1. The van der Waals surface area contributed by atoms with E-state index in [1.54, 1.807) is 0 Å². The molecule has 2 aliphatic rings. The Morgan fingerprint density at radius 1 is 1.31 bits per heavy atom. The van der Waals surface area contributed by atoms with E-state index in [1.165, 1.54) is 37.4 Å². The van der Waals surface area contributed by atoms with Gasteiger partial charge in [-0.3, -0.25) is 4.90 Å². The topological polar surface area (TPSA) is 15.3 Å². The molecule has 0 bridgehead atoms. The molecule has 2 aliphatic heterocycles. The van der Waals surface area contributed by atoms with Crippen LogP contribution in [0.2, 0.25) is 0 Å². The van der Waals surface area contributed by atoms with Gasteiger partial charge in [-0.2, -0.15) is 0 Å². The Morgan fingerprint density at radius 3 is 2.94 bits per heavy atom. The van der Waals surface area contributed by atoms with Crippen molar-refractivity contribution in [3.63, 3.8) is 0 Å². The number of nitrogens with one attached hydrogen (secondary N) is 1. The molecule has 1 N–H and O–H groups in total. The quantitative estimate of drug-likeness (QED) is 0.842. The maximum Gasteiger partial charge on any atom is 0.0786 e. The summed E-state index contributed by atoms with van der Waals surface area (Å²) >= 11 is 2.11. The first kappa shape index (κ1) is 10.6. The summed E-state index contributed by atoms with van der Waals surface area (Å²) in [7, 11) is 0. The summed E-state index contributed by atoms with van der Waals surface area (Å²) < 4.78 is 0. The zero-order chi connectivity index (χ0) is 10.8. The van der Waals surface area contributed by atoms with Gasteiger partial charge < -0.3 is 5.32 Å². The van der Waals surface area contributed by atoms with Crippen LogP contribution in [0.5, 0.6) is 0 Å². The van der Waals surface area contributed by atoms with Gasteiger partial charge in [0.15, 0.2) is 0 Å². The third-order valence-corrected chi connectivity index (χ3v) is 4.93. The van der Waals surface area contributed by atoms with Crippen molar-refractivity contribution >= 4 is 11.8 Å². The predicted octanol–water partition coefficient (Wildman–Crippen LogP) is 1.93. The van der Waals surface area contributed by atoms with Crippen molar-refractivity contribution in [2.75, 3.05) is 25.4 Å². The largest absolute Gasteiger partial charge is 0.301 e. The minimum atomic E-state index is 0.384.